The molecule has 0 amide bonds. The van der Waals surface area contributed by atoms with Crippen LogP contribution in [0.15, 0.2) is 42.9 Å². The van der Waals surface area contributed by atoms with Crippen LogP contribution >= 0.6 is 39.0 Å². The van der Waals surface area contributed by atoms with Gasteiger partial charge in [-0.2, -0.15) is 0 Å². The molecule has 1 aromatic carbocycles. The second-order valence-corrected chi connectivity index (χ2v) is 8.79. The molecule has 0 radical (unpaired) electrons. The molecule has 0 aliphatic rings. The zero-order chi connectivity index (χ0) is 18.4. The monoisotopic (exact) mass is 451 g/mol. The predicted molar refractivity (Wildman–Crippen MR) is 108 cm³/mol. The summed E-state index contributed by atoms with van der Waals surface area (Å²) in [5, 5.41) is 0. The number of aryl methyl sites for hydroxylation is 2. The van der Waals surface area contributed by atoms with Crippen molar-refractivity contribution in [2.45, 2.75) is 10.9 Å². The van der Waals surface area contributed by atoms with E-state index in [1.807, 2.05) is 18.2 Å². The maximum absolute atomic E-state index is 12.5. The van der Waals surface area contributed by atoms with Crippen molar-refractivity contribution in [3.63, 3.8) is 0 Å². The molecule has 3 aromatic heterocycles. The number of para-hydroxylation sites is 1. The molecule has 0 spiro atoms. The van der Waals surface area contributed by atoms with E-state index in [0.29, 0.717) is 22.4 Å². The van der Waals surface area contributed by atoms with Gasteiger partial charge in [-0.05, 0) is 28.1 Å². The Labute approximate surface area is 164 Å². The van der Waals surface area contributed by atoms with Crippen LogP contribution in [0.1, 0.15) is 0 Å². The second-order valence-electron chi connectivity index (χ2n) is 5.71. The summed E-state index contributed by atoms with van der Waals surface area (Å²) in [7, 11) is 3.09. The van der Waals surface area contributed by atoms with Gasteiger partial charge in [-0.1, -0.05) is 23.9 Å². The number of thioether (sulfide) groups is 1. The molecule has 0 N–H and O–H groups in total. The summed E-state index contributed by atoms with van der Waals surface area (Å²) in [6.45, 7) is 0.575. The van der Waals surface area contributed by atoms with E-state index >= 15 is 0 Å². The van der Waals surface area contributed by atoms with Crippen LogP contribution in [0.5, 0.6) is 0 Å². The molecule has 0 bridgehead atoms. The van der Waals surface area contributed by atoms with Crippen molar-refractivity contribution >= 4 is 60.4 Å². The number of hydrogen-bond acceptors (Lipinski definition) is 6. The number of thiazole rings is 1. The van der Waals surface area contributed by atoms with Crippen molar-refractivity contribution in [1.82, 2.24) is 23.7 Å². The fraction of sp³-hybridized carbons (Fsp3) is 0.250. The summed E-state index contributed by atoms with van der Waals surface area (Å²) >= 11 is 6.70. The number of halogens is 1. The van der Waals surface area contributed by atoms with Crippen LogP contribution in [0.4, 0.5) is 0 Å². The van der Waals surface area contributed by atoms with E-state index in [1.54, 1.807) is 34.7 Å². The third-order valence-corrected chi connectivity index (χ3v) is 6.88. The smallest absolute Gasteiger partial charge is 0.312 e. The van der Waals surface area contributed by atoms with Crippen LogP contribution in [0.25, 0.3) is 21.4 Å². The summed E-state index contributed by atoms with van der Waals surface area (Å²) in [6.07, 6.45) is 0. The number of hydrogen-bond donors (Lipinski definition) is 0. The maximum Gasteiger partial charge on any atom is 0.332 e. The van der Waals surface area contributed by atoms with E-state index < -0.39 is 0 Å². The van der Waals surface area contributed by atoms with Gasteiger partial charge in [0.15, 0.2) is 20.2 Å². The number of fused-ring (bicyclic) bond motifs is 2. The first-order valence-corrected chi connectivity index (χ1v) is 10.4. The lowest BCUT2D eigenvalue weighted by Crippen LogP contribution is -2.37. The molecule has 0 aliphatic carbocycles. The zero-order valence-electron chi connectivity index (χ0n) is 14.0. The Morgan fingerprint density at radius 3 is 2.69 bits per heavy atom. The van der Waals surface area contributed by atoms with Crippen molar-refractivity contribution in [2.75, 3.05) is 5.75 Å². The average molecular weight is 452 g/mol. The average Bonchev–Trinajstić information content (AvgIpc) is 3.19. The van der Waals surface area contributed by atoms with Gasteiger partial charge in [0.05, 0.1) is 10.2 Å². The van der Waals surface area contributed by atoms with E-state index in [1.165, 1.54) is 11.6 Å². The van der Waals surface area contributed by atoms with Gasteiger partial charge >= 0.3 is 5.69 Å². The molecule has 4 aromatic rings. The molecule has 0 saturated carbocycles. The number of nitrogens with zero attached hydrogens (tertiary/aromatic N) is 5. The van der Waals surface area contributed by atoms with Gasteiger partial charge in [-0.15, -0.1) is 11.3 Å². The summed E-state index contributed by atoms with van der Waals surface area (Å²) < 4.78 is 6.99. The lowest BCUT2D eigenvalue weighted by Gasteiger charge is -2.06. The Bertz CT molecular complexity index is 1220. The third kappa shape index (κ3) is 2.81. The first kappa shape index (κ1) is 17.5. The highest BCUT2D eigenvalue weighted by Gasteiger charge is 2.17. The molecule has 7 nitrogen and oxygen atoms in total. The fourth-order valence-electron chi connectivity index (χ4n) is 2.76. The zero-order valence-corrected chi connectivity index (χ0v) is 17.2. The molecule has 26 heavy (non-hydrogen) atoms. The second kappa shape index (κ2) is 6.67. The Kier molecular flexibility index (Phi) is 4.49. The number of imidazole rings is 1. The molecular formula is C16H14BrN5O2S2. The Balaban J connectivity index is 1.64. The minimum atomic E-state index is -0.386. The van der Waals surface area contributed by atoms with Crippen LogP contribution in [-0.4, -0.2) is 29.4 Å². The lowest BCUT2D eigenvalue weighted by atomic mass is 10.3. The number of aromatic nitrogens is 5. The van der Waals surface area contributed by atoms with Gasteiger partial charge in [-0.25, -0.2) is 14.8 Å². The van der Waals surface area contributed by atoms with Gasteiger partial charge in [0.2, 0.25) is 0 Å². The molecule has 134 valence electrons. The topological polar surface area (TPSA) is 74.7 Å². The summed E-state index contributed by atoms with van der Waals surface area (Å²) in [5.74, 6) is 0.732. The molecular weight excluding hydrogens is 438 g/mol. The van der Waals surface area contributed by atoms with Crippen molar-refractivity contribution < 1.29 is 0 Å². The molecule has 0 aliphatic heterocycles. The normalized spacial score (nSPS) is 11.7. The SMILES string of the molecule is Cn1c(=O)c2c(nc(Br)n2CCSc2nc3ccccc3s2)n(C)c1=O. The predicted octanol–water partition coefficient (Wildman–Crippen LogP) is 2.60. The first-order chi connectivity index (χ1) is 12.5. The van der Waals surface area contributed by atoms with Crippen LogP contribution in [-0.2, 0) is 20.6 Å². The molecule has 4 rings (SSSR count). The molecule has 0 unspecified atom stereocenters. The Morgan fingerprint density at radius 2 is 1.92 bits per heavy atom. The largest absolute Gasteiger partial charge is 0.332 e. The van der Waals surface area contributed by atoms with Gasteiger partial charge < -0.3 is 4.57 Å². The molecule has 3 heterocycles. The van der Waals surface area contributed by atoms with Crippen molar-refractivity contribution in [3.8, 4) is 0 Å². The van der Waals surface area contributed by atoms with E-state index in [-0.39, 0.29) is 11.2 Å². The van der Waals surface area contributed by atoms with Crippen molar-refractivity contribution in [1.29, 1.82) is 0 Å². The Morgan fingerprint density at radius 1 is 1.15 bits per heavy atom. The van der Waals surface area contributed by atoms with Crippen molar-refractivity contribution in [2.24, 2.45) is 14.1 Å². The Hall–Kier alpha value is -1.91. The first-order valence-electron chi connectivity index (χ1n) is 7.77. The number of benzene rings is 1. The van der Waals surface area contributed by atoms with E-state index in [9.17, 15) is 9.59 Å². The molecule has 0 fully saturated rings. The third-order valence-electron chi connectivity index (χ3n) is 4.12. The quantitative estimate of drug-likeness (QED) is 0.352. The minimum Gasteiger partial charge on any atom is -0.312 e. The van der Waals surface area contributed by atoms with Crippen LogP contribution < -0.4 is 11.2 Å². The van der Waals surface area contributed by atoms with Gasteiger partial charge in [-0.3, -0.25) is 13.9 Å². The van der Waals surface area contributed by atoms with Gasteiger partial charge in [0.25, 0.3) is 5.56 Å². The molecule has 0 atom stereocenters. The standard InChI is InChI=1S/C16H14BrN5O2S2/c1-20-12-11(13(23)21(2)16(20)24)22(14(17)19-12)7-8-25-15-18-9-5-3-4-6-10(9)26-15/h3-6H,7-8H2,1-2H3. The highest BCUT2D eigenvalue weighted by atomic mass is 79.9. The van der Waals surface area contributed by atoms with Crippen LogP contribution in [0, 0.1) is 0 Å². The van der Waals surface area contributed by atoms with E-state index in [4.69, 9.17) is 0 Å². The number of rotatable bonds is 4. The van der Waals surface area contributed by atoms with E-state index in [2.05, 4.69) is 32.0 Å². The minimum absolute atomic E-state index is 0.341. The fourth-order valence-corrected chi connectivity index (χ4v) is 5.35. The van der Waals surface area contributed by atoms with Crippen LogP contribution in [0.2, 0.25) is 0 Å². The summed E-state index contributed by atoms with van der Waals surface area (Å²) in [5.41, 5.74) is 1.08. The molecule has 0 saturated heterocycles. The van der Waals surface area contributed by atoms with Crippen molar-refractivity contribution in [3.05, 3.63) is 49.8 Å². The van der Waals surface area contributed by atoms with Crippen LogP contribution in [0.3, 0.4) is 0 Å². The molecule has 10 heteroatoms. The lowest BCUT2D eigenvalue weighted by molar-refractivity contribution is 0.699. The van der Waals surface area contributed by atoms with Gasteiger partial charge in [0, 0.05) is 26.4 Å². The summed E-state index contributed by atoms with van der Waals surface area (Å²) in [6, 6.07) is 8.04. The van der Waals surface area contributed by atoms with E-state index in [0.717, 1.165) is 24.9 Å². The highest BCUT2D eigenvalue weighted by molar-refractivity contribution is 9.10. The maximum atomic E-state index is 12.5. The summed E-state index contributed by atoms with van der Waals surface area (Å²) in [4.78, 5) is 33.5. The van der Waals surface area contributed by atoms with Gasteiger partial charge in [0.1, 0.15) is 0 Å². The highest BCUT2D eigenvalue weighted by Crippen LogP contribution is 2.29.